The van der Waals surface area contributed by atoms with Crippen molar-refractivity contribution in [2.45, 2.75) is 38.8 Å². The molecular weight excluding hydrogens is 270 g/mol. The van der Waals surface area contributed by atoms with E-state index in [9.17, 15) is 9.59 Å². The third-order valence-electron chi connectivity index (χ3n) is 3.30. The predicted octanol–water partition coefficient (Wildman–Crippen LogP) is 2.89. The first-order valence-corrected chi connectivity index (χ1v) is 7.00. The van der Waals surface area contributed by atoms with Crippen LogP contribution in [0.25, 0.3) is 0 Å². The molecule has 1 aliphatic heterocycles. The molecule has 114 valence electrons. The Morgan fingerprint density at radius 2 is 2.00 bits per heavy atom. The van der Waals surface area contributed by atoms with Crippen molar-refractivity contribution in [3.8, 4) is 5.75 Å². The van der Waals surface area contributed by atoms with Crippen LogP contribution in [0, 0.1) is 0 Å². The van der Waals surface area contributed by atoms with Crippen molar-refractivity contribution in [1.82, 2.24) is 4.90 Å². The molecule has 0 bridgehead atoms. The summed E-state index contributed by atoms with van der Waals surface area (Å²) in [5.74, 6) is 0.551. The number of rotatable bonds is 3. The number of ketones is 1. The van der Waals surface area contributed by atoms with Gasteiger partial charge in [0.2, 0.25) is 0 Å². The van der Waals surface area contributed by atoms with Gasteiger partial charge in [-0.25, -0.2) is 4.79 Å². The van der Waals surface area contributed by atoms with Crippen LogP contribution >= 0.6 is 0 Å². The number of amides is 1. The maximum Gasteiger partial charge on any atom is 0.410 e. The van der Waals surface area contributed by atoms with Gasteiger partial charge in [0.25, 0.3) is 0 Å². The van der Waals surface area contributed by atoms with Crippen LogP contribution in [0.3, 0.4) is 0 Å². The number of likely N-dealkylation sites (tertiary alicyclic amines) is 1. The van der Waals surface area contributed by atoms with Crippen LogP contribution in [0.15, 0.2) is 24.3 Å². The monoisotopic (exact) mass is 291 g/mol. The lowest BCUT2D eigenvalue weighted by atomic mass is 9.94. The smallest absolute Gasteiger partial charge is 0.410 e. The minimum Gasteiger partial charge on any atom is -0.497 e. The summed E-state index contributed by atoms with van der Waals surface area (Å²) < 4.78 is 10.4. The van der Waals surface area contributed by atoms with Crippen molar-refractivity contribution < 1.29 is 19.1 Å². The Morgan fingerprint density at radius 3 is 2.52 bits per heavy atom. The molecule has 0 aliphatic carbocycles. The summed E-state index contributed by atoms with van der Waals surface area (Å²) in [6.45, 7) is 5.98. The maximum absolute atomic E-state index is 12.5. The van der Waals surface area contributed by atoms with Gasteiger partial charge in [0.15, 0.2) is 5.78 Å². The average molecular weight is 291 g/mol. The molecule has 1 saturated heterocycles. The highest BCUT2D eigenvalue weighted by Crippen LogP contribution is 2.25. The number of hydrogen-bond donors (Lipinski definition) is 0. The van der Waals surface area contributed by atoms with Gasteiger partial charge in [0, 0.05) is 12.1 Å². The van der Waals surface area contributed by atoms with E-state index in [1.165, 1.54) is 4.90 Å². The Labute approximate surface area is 124 Å². The van der Waals surface area contributed by atoms with E-state index in [1.54, 1.807) is 31.4 Å². The Morgan fingerprint density at radius 1 is 1.29 bits per heavy atom. The quantitative estimate of drug-likeness (QED) is 0.804. The Bertz CT molecular complexity index is 547. The molecule has 1 aromatic rings. The van der Waals surface area contributed by atoms with Gasteiger partial charge in [-0.3, -0.25) is 9.69 Å². The number of carbonyl (C=O) groups excluding carboxylic acids is 2. The van der Waals surface area contributed by atoms with Gasteiger partial charge in [-0.15, -0.1) is 0 Å². The van der Waals surface area contributed by atoms with E-state index < -0.39 is 17.7 Å². The number of carbonyl (C=O) groups is 2. The van der Waals surface area contributed by atoms with E-state index in [2.05, 4.69) is 0 Å². The lowest BCUT2D eigenvalue weighted by molar-refractivity contribution is -0.00268. The molecule has 0 spiro atoms. The van der Waals surface area contributed by atoms with Crippen molar-refractivity contribution in [1.29, 1.82) is 0 Å². The maximum atomic E-state index is 12.5. The molecule has 1 amide bonds. The molecule has 0 unspecified atom stereocenters. The largest absolute Gasteiger partial charge is 0.497 e. The molecule has 1 heterocycles. The van der Waals surface area contributed by atoms with Gasteiger partial charge in [0.1, 0.15) is 17.4 Å². The number of benzene rings is 1. The van der Waals surface area contributed by atoms with Crippen LogP contribution < -0.4 is 4.74 Å². The first kappa shape index (κ1) is 15.4. The normalized spacial score (nSPS) is 17.9. The molecule has 21 heavy (non-hydrogen) atoms. The first-order valence-electron chi connectivity index (χ1n) is 7.00. The van der Waals surface area contributed by atoms with Crippen LogP contribution in [0.2, 0.25) is 0 Å². The molecule has 0 saturated carbocycles. The van der Waals surface area contributed by atoms with Crippen LogP contribution in [-0.4, -0.2) is 42.1 Å². The molecule has 0 aromatic heterocycles. The molecular formula is C16H21NO4. The van der Waals surface area contributed by atoms with Gasteiger partial charge >= 0.3 is 6.09 Å². The Hall–Kier alpha value is -2.04. The molecule has 5 nitrogen and oxygen atoms in total. The molecule has 0 radical (unpaired) electrons. The molecule has 0 N–H and O–H groups in total. The summed E-state index contributed by atoms with van der Waals surface area (Å²) in [7, 11) is 1.56. The highest BCUT2D eigenvalue weighted by Gasteiger charge is 2.40. The van der Waals surface area contributed by atoms with Gasteiger partial charge < -0.3 is 9.47 Å². The fourth-order valence-electron chi connectivity index (χ4n) is 2.17. The lowest BCUT2D eigenvalue weighted by Gasteiger charge is -2.40. The van der Waals surface area contributed by atoms with Gasteiger partial charge in [-0.2, -0.15) is 0 Å². The van der Waals surface area contributed by atoms with Gasteiger partial charge in [-0.05, 0) is 39.3 Å². The Balaban J connectivity index is 2.08. The molecule has 1 aliphatic rings. The second-order valence-electron chi connectivity index (χ2n) is 6.07. The summed E-state index contributed by atoms with van der Waals surface area (Å²) in [6, 6.07) is 6.53. The molecule has 1 fully saturated rings. The van der Waals surface area contributed by atoms with E-state index in [-0.39, 0.29) is 5.78 Å². The van der Waals surface area contributed by atoms with E-state index in [0.717, 1.165) is 0 Å². The molecule has 5 heteroatoms. The second kappa shape index (κ2) is 5.76. The van der Waals surface area contributed by atoms with Crippen LogP contribution in [0.5, 0.6) is 5.75 Å². The molecule has 1 atom stereocenters. The highest BCUT2D eigenvalue weighted by molar-refractivity contribution is 6.02. The number of hydrogen-bond acceptors (Lipinski definition) is 4. The van der Waals surface area contributed by atoms with Crippen molar-refractivity contribution in [3.05, 3.63) is 29.8 Å². The number of Topliss-reactive ketones (excluding diaryl/α,β-unsaturated/α-hetero) is 1. The standard InChI is InChI=1S/C16H21NO4/c1-16(2,3)21-15(19)17-9-8-13(17)14(18)11-6-5-7-12(10-11)20-4/h5-7,10,13H,8-9H2,1-4H3/t13-/m0/s1. The van der Waals surface area contributed by atoms with Crippen molar-refractivity contribution in [2.75, 3.05) is 13.7 Å². The van der Waals surface area contributed by atoms with E-state index in [4.69, 9.17) is 9.47 Å². The Kier molecular flexibility index (Phi) is 4.21. The zero-order valence-corrected chi connectivity index (χ0v) is 12.9. The molecule has 1 aromatic carbocycles. The fraction of sp³-hybridized carbons (Fsp3) is 0.500. The molecule has 2 rings (SSSR count). The van der Waals surface area contributed by atoms with Gasteiger partial charge in [0.05, 0.1) is 7.11 Å². The van der Waals surface area contributed by atoms with Crippen molar-refractivity contribution >= 4 is 11.9 Å². The van der Waals surface area contributed by atoms with Crippen LogP contribution in [-0.2, 0) is 4.74 Å². The van der Waals surface area contributed by atoms with Crippen LogP contribution in [0.1, 0.15) is 37.6 Å². The highest BCUT2D eigenvalue weighted by atomic mass is 16.6. The van der Waals surface area contributed by atoms with Gasteiger partial charge in [-0.1, -0.05) is 12.1 Å². The van der Waals surface area contributed by atoms with Crippen molar-refractivity contribution in [3.63, 3.8) is 0 Å². The zero-order valence-electron chi connectivity index (χ0n) is 12.9. The fourth-order valence-corrected chi connectivity index (χ4v) is 2.17. The number of ether oxygens (including phenoxy) is 2. The summed E-state index contributed by atoms with van der Waals surface area (Å²) in [4.78, 5) is 26.0. The van der Waals surface area contributed by atoms with E-state index in [0.29, 0.717) is 24.3 Å². The zero-order chi connectivity index (χ0) is 15.6. The summed E-state index contributed by atoms with van der Waals surface area (Å²) in [5.41, 5.74) is -0.0106. The second-order valence-corrected chi connectivity index (χ2v) is 6.07. The number of methoxy groups -OCH3 is 1. The van der Waals surface area contributed by atoms with E-state index >= 15 is 0 Å². The minimum absolute atomic E-state index is 0.0778. The first-order chi connectivity index (χ1) is 9.81. The average Bonchev–Trinajstić information content (AvgIpc) is 2.35. The van der Waals surface area contributed by atoms with Crippen LogP contribution in [0.4, 0.5) is 4.79 Å². The topological polar surface area (TPSA) is 55.8 Å². The van der Waals surface area contributed by atoms with Crippen molar-refractivity contribution in [2.24, 2.45) is 0 Å². The predicted molar refractivity (Wildman–Crippen MR) is 78.7 cm³/mol. The summed E-state index contributed by atoms with van der Waals surface area (Å²) >= 11 is 0. The van der Waals surface area contributed by atoms with E-state index in [1.807, 2.05) is 20.8 Å². The third kappa shape index (κ3) is 3.54. The summed E-state index contributed by atoms with van der Waals surface area (Å²) in [5, 5.41) is 0. The summed E-state index contributed by atoms with van der Waals surface area (Å²) in [6.07, 6.45) is 0.227. The SMILES string of the molecule is COc1cccc(C(=O)[C@@H]2CCN2C(=O)OC(C)(C)C)c1. The number of nitrogens with zero attached hydrogens (tertiary/aromatic N) is 1. The lowest BCUT2D eigenvalue weighted by Crippen LogP contribution is -2.56. The minimum atomic E-state index is -0.559. The third-order valence-corrected chi connectivity index (χ3v) is 3.30.